The molecule has 1 saturated heterocycles. The molecule has 10 heteroatoms. The first-order valence-electron chi connectivity index (χ1n) is 9.08. The molecule has 29 heavy (non-hydrogen) atoms. The van der Waals surface area contributed by atoms with Gasteiger partial charge in [0.25, 0.3) is 0 Å². The SMILES string of the molecule is O=C(Nc1ccc(-n2cnnn2)cc1)C1CCCN1C(=O)Nc1ccccc1F. The fraction of sp³-hybridized carbons (Fsp3) is 0.211. The van der Waals surface area contributed by atoms with Crippen LogP contribution in [0.15, 0.2) is 54.9 Å². The Hall–Kier alpha value is -3.82. The highest BCUT2D eigenvalue weighted by molar-refractivity contribution is 5.99. The van der Waals surface area contributed by atoms with E-state index < -0.39 is 17.9 Å². The monoisotopic (exact) mass is 395 g/mol. The fourth-order valence-electron chi connectivity index (χ4n) is 3.23. The van der Waals surface area contributed by atoms with Crippen LogP contribution in [0.25, 0.3) is 5.69 Å². The highest BCUT2D eigenvalue weighted by atomic mass is 19.1. The predicted octanol–water partition coefficient (Wildman–Crippen LogP) is 2.44. The van der Waals surface area contributed by atoms with Crippen LogP contribution >= 0.6 is 0 Å². The lowest BCUT2D eigenvalue weighted by molar-refractivity contribution is -0.119. The zero-order valence-corrected chi connectivity index (χ0v) is 15.3. The highest BCUT2D eigenvalue weighted by Gasteiger charge is 2.34. The number of likely N-dealkylation sites (tertiary alicyclic amines) is 1. The Morgan fingerprint density at radius 1 is 1.07 bits per heavy atom. The highest BCUT2D eigenvalue weighted by Crippen LogP contribution is 2.22. The van der Waals surface area contributed by atoms with Gasteiger partial charge in [0, 0.05) is 12.2 Å². The lowest BCUT2D eigenvalue weighted by Gasteiger charge is -2.24. The van der Waals surface area contributed by atoms with Crippen LogP contribution in [-0.4, -0.2) is 49.6 Å². The van der Waals surface area contributed by atoms with Crippen LogP contribution in [0.1, 0.15) is 12.8 Å². The van der Waals surface area contributed by atoms with Crippen molar-refractivity contribution >= 4 is 23.3 Å². The molecule has 9 nitrogen and oxygen atoms in total. The van der Waals surface area contributed by atoms with Crippen molar-refractivity contribution in [2.75, 3.05) is 17.2 Å². The molecule has 0 saturated carbocycles. The van der Waals surface area contributed by atoms with E-state index in [1.165, 1.54) is 28.0 Å². The number of carbonyl (C=O) groups excluding carboxylic acids is 2. The quantitative estimate of drug-likeness (QED) is 0.706. The normalized spacial score (nSPS) is 15.9. The average molecular weight is 395 g/mol. The molecule has 1 aromatic heterocycles. The van der Waals surface area contributed by atoms with Gasteiger partial charge in [0.1, 0.15) is 18.2 Å². The summed E-state index contributed by atoms with van der Waals surface area (Å²) < 4.78 is 15.3. The number of halogens is 1. The van der Waals surface area contributed by atoms with Crippen molar-refractivity contribution < 1.29 is 14.0 Å². The molecule has 2 N–H and O–H groups in total. The summed E-state index contributed by atoms with van der Waals surface area (Å²) in [5.74, 6) is -0.815. The van der Waals surface area contributed by atoms with E-state index in [2.05, 4.69) is 26.2 Å². The number of urea groups is 1. The van der Waals surface area contributed by atoms with Gasteiger partial charge in [-0.1, -0.05) is 12.1 Å². The fourth-order valence-corrected chi connectivity index (χ4v) is 3.23. The Morgan fingerprint density at radius 3 is 2.59 bits per heavy atom. The Morgan fingerprint density at radius 2 is 1.86 bits per heavy atom. The molecule has 0 aliphatic carbocycles. The van der Waals surface area contributed by atoms with Crippen LogP contribution in [0.4, 0.5) is 20.6 Å². The molecule has 2 heterocycles. The molecule has 2 aromatic carbocycles. The molecule has 1 aliphatic rings. The molecule has 1 unspecified atom stereocenters. The van der Waals surface area contributed by atoms with E-state index in [1.807, 2.05) is 0 Å². The first-order chi connectivity index (χ1) is 14.1. The van der Waals surface area contributed by atoms with Crippen molar-refractivity contribution in [2.24, 2.45) is 0 Å². The molecule has 1 aliphatic heterocycles. The maximum atomic E-state index is 13.8. The van der Waals surface area contributed by atoms with Gasteiger partial charge in [-0.3, -0.25) is 4.79 Å². The minimum absolute atomic E-state index is 0.0850. The van der Waals surface area contributed by atoms with Crippen LogP contribution < -0.4 is 10.6 Å². The van der Waals surface area contributed by atoms with Gasteiger partial charge in [0.2, 0.25) is 5.91 Å². The number of carbonyl (C=O) groups is 2. The second-order valence-corrected chi connectivity index (χ2v) is 6.55. The lowest BCUT2D eigenvalue weighted by atomic mass is 10.2. The maximum absolute atomic E-state index is 13.8. The van der Waals surface area contributed by atoms with Gasteiger partial charge >= 0.3 is 6.03 Å². The summed E-state index contributed by atoms with van der Waals surface area (Å²) in [6.45, 7) is 0.427. The molecule has 0 radical (unpaired) electrons. The smallest absolute Gasteiger partial charge is 0.322 e. The van der Waals surface area contributed by atoms with Gasteiger partial charge in [-0.15, -0.1) is 5.10 Å². The molecule has 3 amide bonds. The second kappa shape index (κ2) is 8.05. The van der Waals surface area contributed by atoms with E-state index in [1.54, 1.807) is 36.4 Å². The largest absolute Gasteiger partial charge is 0.324 e. The van der Waals surface area contributed by atoms with E-state index >= 15 is 0 Å². The number of nitrogens with one attached hydrogen (secondary N) is 2. The van der Waals surface area contributed by atoms with Crippen LogP contribution in [0.3, 0.4) is 0 Å². The number of nitrogens with zero attached hydrogens (tertiary/aromatic N) is 5. The first kappa shape index (κ1) is 18.5. The summed E-state index contributed by atoms with van der Waals surface area (Å²) in [6, 6.07) is 11.8. The third-order valence-electron chi connectivity index (χ3n) is 4.68. The van der Waals surface area contributed by atoms with Gasteiger partial charge in [0.05, 0.1) is 11.4 Å². The van der Waals surface area contributed by atoms with Gasteiger partial charge in [0.15, 0.2) is 0 Å². The molecular formula is C19H18FN7O2. The van der Waals surface area contributed by atoms with Gasteiger partial charge in [-0.25, -0.2) is 13.9 Å². The summed E-state index contributed by atoms with van der Waals surface area (Å²) >= 11 is 0. The Balaban J connectivity index is 1.41. The standard InChI is InChI=1S/C19H18FN7O2/c20-15-4-1-2-5-16(15)23-19(29)26-11-3-6-17(26)18(28)22-13-7-9-14(10-8-13)27-12-21-24-25-27/h1-2,4-5,7-10,12,17H,3,6,11H2,(H,22,28)(H,23,29). The van der Waals surface area contributed by atoms with Crippen LogP contribution in [-0.2, 0) is 4.79 Å². The molecule has 3 aromatic rings. The minimum atomic E-state index is -0.624. The summed E-state index contributed by atoms with van der Waals surface area (Å²) in [5, 5.41) is 16.3. The van der Waals surface area contributed by atoms with E-state index in [4.69, 9.17) is 0 Å². The molecule has 1 fully saturated rings. The van der Waals surface area contributed by atoms with Gasteiger partial charge in [-0.2, -0.15) is 0 Å². The molecule has 148 valence electrons. The van der Waals surface area contributed by atoms with E-state index in [9.17, 15) is 14.0 Å². The van der Waals surface area contributed by atoms with Crippen LogP contribution in [0, 0.1) is 5.82 Å². The van der Waals surface area contributed by atoms with Crippen molar-refractivity contribution in [3.63, 3.8) is 0 Å². The number of rotatable bonds is 4. The van der Waals surface area contributed by atoms with E-state index in [0.717, 1.165) is 5.69 Å². The third kappa shape index (κ3) is 4.05. The summed E-state index contributed by atoms with van der Waals surface area (Å²) in [6.07, 6.45) is 2.71. The molecule has 4 rings (SSSR count). The molecule has 0 bridgehead atoms. The number of amides is 3. The van der Waals surface area contributed by atoms with Crippen LogP contribution in [0.5, 0.6) is 0 Å². The maximum Gasteiger partial charge on any atom is 0.322 e. The Bertz CT molecular complexity index is 1010. The number of aromatic nitrogens is 4. The molecular weight excluding hydrogens is 377 g/mol. The van der Waals surface area contributed by atoms with E-state index in [0.29, 0.717) is 25.1 Å². The zero-order valence-electron chi connectivity index (χ0n) is 15.3. The summed E-state index contributed by atoms with van der Waals surface area (Å²) in [7, 11) is 0. The Kier molecular flexibility index (Phi) is 5.14. The lowest BCUT2D eigenvalue weighted by Crippen LogP contribution is -2.45. The first-order valence-corrected chi connectivity index (χ1v) is 9.08. The number of anilines is 2. The molecule has 0 spiro atoms. The van der Waals surface area contributed by atoms with Gasteiger partial charge in [-0.05, 0) is 59.7 Å². The zero-order chi connectivity index (χ0) is 20.2. The number of para-hydroxylation sites is 1. The van der Waals surface area contributed by atoms with Gasteiger partial charge < -0.3 is 15.5 Å². The average Bonchev–Trinajstić information content (AvgIpc) is 3.42. The van der Waals surface area contributed by atoms with Crippen molar-refractivity contribution in [1.29, 1.82) is 0 Å². The minimum Gasteiger partial charge on any atom is -0.324 e. The number of hydrogen-bond donors (Lipinski definition) is 2. The van der Waals surface area contributed by atoms with Crippen molar-refractivity contribution in [3.05, 3.63) is 60.7 Å². The Labute approximate surface area is 165 Å². The van der Waals surface area contributed by atoms with Crippen molar-refractivity contribution in [2.45, 2.75) is 18.9 Å². The second-order valence-electron chi connectivity index (χ2n) is 6.55. The third-order valence-corrected chi connectivity index (χ3v) is 4.68. The predicted molar refractivity (Wildman–Crippen MR) is 103 cm³/mol. The number of hydrogen-bond acceptors (Lipinski definition) is 5. The molecule has 1 atom stereocenters. The summed E-state index contributed by atoms with van der Waals surface area (Å²) in [4.78, 5) is 26.7. The number of benzene rings is 2. The van der Waals surface area contributed by atoms with Crippen LogP contribution in [0.2, 0.25) is 0 Å². The van der Waals surface area contributed by atoms with Crippen molar-refractivity contribution in [3.8, 4) is 5.69 Å². The number of tetrazole rings is 1. The van der Waals surface area contributed by atoms with Crippen molar-refractivity contribution in [1.82, 2.24) is 25.1 Å². The topological polar surface area (TPSA) is 105 Å². The summed E-state index contributed by atoms with van der Waals surface area (Å²) in [5.41, 5.74) is 1.43. The van der Waals surface area contributed by atoms with E-state index in [-0.39, 0.29) is 11.6 Å².